The third-order valence-electron chi connectivity index (χ3n) is 4.63. The molecule has 2 amide bonds. The van der Waals surface area contributed by atoms with Crippen LogP contribution in [0.1, 0.15) is 37.5 Å². The van der Waals surface area contributed by atoms with Gasteiger partial charge >= 0.3 is 0 Å². The summed E-state index contributed by atoms with van der Waals surface area (Å²) < 4.78 is 14.6. The maximum absolute atomic E-state index is 13.3. The number of amides is 2. The largest absolute Gasteiger partial charge is 0.352 e. The number of nitrogen functional groups attached to an aromatic ring is 1. The van der Waals surface area contributed by atoms with E-state index < -0.39 is 5.25 Å². The summed E-state index contributed by atoms with van der Waals surface area (Å²) in [4.78, 5) is 26.7. The lowest BCUT2D eigenvalue weighted by molar-refractivity contribution is -0.128. The first kappa shape index (κ1) is 22.4. The van der Waals surface area contributed by atoms with Crippen molar-refractivity contribution in [3.05, 3.63) is 35.6 Å². The lowest BCUT2D eigenvalue weighted by atomic mass is 10.1. The van der Waals surface area contributed by atoms with Gasteiger partial charge in [-0.2, -0.15) is 0 Å². The molecule has 1 atom stereocenters. The van der Waals surface area contributed by atoms with E-state index in [0.29, 0.717) is 29.0 Å². The van der Waals surface area contributed by atoms with E-state index in [1.165, 1.54) is 28.6 Å². The van der Waals surface area contributed by atoms with Crippen molar-refractivity contribution in [2.24, 2.45) is 0 Å². The first-order valence-corrected chi connectivity index (χ1v) is 11.6. The molecule has 1 aliphatic carbocycles. The number of hydrogen-bond donors (Lipinski definition) is 2. The fraction of sp³-hybridized carbons (Fsp3) is 0.474. The number of carbonyl (C=O) groups is 2. The standard InChI is InChI=1S/C19H25FN6O2S2/c1-3-25(4-2)15(27)11-29-18-23-24-19(26(18)21)30-16(17(28)22-14-9-10-14)12-5-7-13(20)8-6-12/h5-8,14,16H,3-4,9-11,21H2,1-2H3,(H,22,28). The second-order valence-corrected chi connectivity index (χ2v) is 8.84. The highest BCUT2D eigenvalue weighted by molar-refractivity contribution is 8.00. The predicted octanol–water partition coefficient (Wildman–Crippen LogP) is 2.20. The number of nitrogens with zero attached hydrogens (tertiary/aromatic N) is 4. The number of aromatic nitrogens is 3. The number of carbonyl (C=O) groups excluding carboxylic acids is 2. The maximum atomic E-state index is 13.3. The highest BCUT2D eigenvalue weighted by Gasteiger charge is 2.30. The molecule has 0 radical (unpaired) electrons. The lowest BCUT2D eigenvalue weighted by Gasteiger charge is -2.18. The third-order valence-corrected chi connectivity index (χ3v) is 6.77. The van der Waals surface area contributed by atoms with Crippen LogP contribution in [-0.4, -0.2) is 56.5 Å². The summed E-state index contributed by atoms with van der Waals surface area (Å²) in [6.45, 7) is 5.13. The van der Waals surface area contributed by atoms with Crippen molar-refractivity contribution in [1.29, 1.82) is 0 Å². The molecule has 0 spiro atoms. The van der Waals surface area contributed by atoms with Gasteiger partial charge in [-0.3, -0.25) is 9.59 Å². The van der Waals surface area contributed by atoms with Gasteiger partial charge in [-0.15, -0.1) is 10.2 Å². The topological polar surface area (TPSA) is 106 Å². The highest BCUT2D eigenvalue weighted by atomic mass is 32.2. The van der Waals surface area contributed by atoms with Gasteiger partial charge < -0.3 is 16.1 Å². The molecular formula is C19H25FN6O2S2. The zero-order valence-corrected chi connectivity index (χ0v) is 18.5. The van der Waals surface area contributed by atoms with Crippen molar-refractivity contribution >= 4 is 35.3 Å². The molecule has 1 fully saturated rings. The van der Waals surface area contributed by atoms with Crippen LogP contribution >= 0.6 is 23.5 Å². The summed E-state index contributed by atoms with van der Waals surface area (Å²) in [5.41, 5.74) is 0.647. The van der Waals surface area contributed by atoms with Crippen LogP contribution in [0.15, 0.2) is 34.6 Å². The lowest BCUT2D eigenvalue weighted by Crippen LogP contribution is -2.32. The molecule has 162 valence electrons. The number of nitrogens with one attached hydrogen (secondary N) is 1. The van der Waals surface area contributed by atoms with Crippen LogP contribution in [0, 0.1) is 5.82 Å². The molecule has 3 N–H and O–H groups in total. The van der Waals surface area contributed by atoms with Crippen LogP contribution in [0.4, 0.5) is 4.39 Å². The molecule has 8 nitrogen and oxygen atoms in total. The fourth-order valence-corrected chi connectivity index (χ4v) is 4.54. The quantitative estimate of drug-likeness (QED) is 0.420. The number of rotatable bonds is 10. The summed E-state index contributed by atoms with van der Waals surface area (Å²) in [6, 6.07) is 5.99. The predicted molar refractivity (Wildman–Crippen MR) is 115 cm³/mol. The SMILES string of the molecule is CCN(CC)C(=O)CSc1nnc(SC(C(=O)NC2CC2)c2ccc(F)cc2)n1N. The average molecular weight is 453 g/mol. The molecule has 0 aliphatic heterocycles. The van der Waals surface area contributed by atoms with Crippen LogP contribution in [0.3, 0.4) is 0 Å². The third kappa shape index (κ3) is 5.66. The van der Waals surface area contributed by atoms with Gasteiger partial charge in [0.15, 0.2) is 0 Å². The molecule has 1 aromatic carbocycles. The van der Waals surface area contributed by atoms with Gasteiger partial charge in [0.1, 0.15) is 11.1 Å². The second kappa shape index (κ2) is 10.2. The van der Waals surface area contributed by atoms with E-state index in [0.717, 1.165) is 24.6 Å². The van der Waals surface area contributed by atoms with Crippen molar-refractivity contribution in [3.63, 3.8) is 0 Å². The zero-order chi connectivity index (χ0) is 21.7. The Morgan fingerprint density at radius 3 is 2.47 bits per heavy atom. The highest BCUT2D eigenvalue weighted by Crippen LogP contribution is 2.36. The Morgan fingerprint density at radius 2 is 1.87 bits per heavy atom. The van der Waals surface area contributed by atoms with Crippen LogP contribution in [0.2, 0.25) is 0 Å². The van der Waals surface area contributed by atoms with Crippen LogP contribution in [0.5, 0.6) is 0 Å². The minimum absolute atomic E-state index is 0.00444. The van der Waals surface area contributed by atoms with Crippen molar-refractivity contribution in [3.8, 4) is 0 Å². The van der Waals surface area contributed by atoms with E-state index in [-0.39, 0.29) is 29.4 Å². The molecule has 0 saturated heterocycles. The van der Waals surface area contributed by atoms with Crippen LogP contribution in [-0.2, 0) is 9.59 Å². The van der Waals surface area contributed by atoms with Gasteiger partial charge in [0.25, 0.3) is 0 Å². The van der Waals surface area contributed by atoms with E-state index >= 15 is 0 Å². The monoisotopic (exact) mass is 452 g/mol. The van der Waals surface area contributed by atoms with Gasteiger partial charge in [0.05, 0.1) is 5.75 Å². The van der Waals surface area contributed by atoms with Gasteiger partial charge in [-0.05, 0) is 44.4 Å². The van der Waals surface area contributed by atoms with Crippen molar-refractivity contribution < 1.29 is 14.0 Å². The Kier molecular flexibility index (Phi) is 7.59. The minimum atomic E-state index is -0.646. The zero-order valence-electron chi connectivity index (χ0n) is 16.9. The number of hydrogen-bond acceptors (Lipinski definition) is 7. The van der Waals surface area contributed by atoms with E-state index in [2.05, 4.69) is 15.5 Å². The molecule has 11 heteroatoms. The fourth-order valence-electron chi connectivity index (χ4n) is 2.76. The molecule has 1 aliphatic rings. The number of benzene rings is 1. The molecule has 2 aromatic rings. The molecule has 30 heavy (non-hydrogen) atoms. The van der Waals surface area contributed by atoms with Crippen molar-refractivity contribution in [2.45, 2.75) is 48.3 Å². The Labute approximate surface area is 183 Å². The van der Waals surface area contributed by atoms with E-state index in [1.807, 2.05) is 13.8 Å². The van der Waals surface area contributed by atoms with Crippen molar-refractivity contribution in [2.75, 3.05) is 24.7 Å². The maximum Gasteiger partial charge on any atom is 0.238 e. The summed E-state index contributed by atoms with van der Waals surface area (Å²) in [7, 11) is 0. The summed E-state index contributed by atoms with van der Waals surface area (Å²) in [5.74, 6) is 5.77. The summed E-state index contributed by atoms with van der Waals surface area (Å²) in [6.07, 6.45) is 1.92. The molecule has 1 aromatic heterocycles. The first-order valence-electron chi connectivity index (χ1n) is 9.76. The Bertz CT molecular complexity index is 884. The van der Waals surface area contributed by atoms with E-state index in [4.69, 9.17) is 5.84 Å². The Morgan fingerprint density at radius 1 is 1.23 bits per heavy atom. The van der Waals surface area contributed by atoms with Gasteiger partial charge in [-0.25, -0.2) is 9.07 Å². The molecule has 0 bridgehead atoms. The van der Waals surface area contributed by atoms with E-state index in [1.54, 1.807) is 17.0 Å². The summed E-state index contributed by atoms with van der Waals surface area (Å²) in [5, 5.41) is 11.2. The van der Waals surface area contributed by atoms with Gasteiger partial charge in [-0.1, -0.05) is 35.7 Å². The normalized spacial score (nSPS) is 14.4. The number of nitrogens with two attached hydrogens (primary N) is 1. The first-order chi connectivity index (χ1) is 14.4. The smallest absolute Gasteiger partial charge is 0.238 e. The van der Waals surface area contributed by atoms with Crippen molar-refractivity contribution in [1.82, 2.24) is 25.1 Å². The second-order valence-electron chi connectivity index (χ2n) is 6.82. The Hall–Kier alpha value is -2.27. The van der Waals surface area contributed by atoms with Gasteiger partial charge in [0, 0.05) is 19.1 Å². The Balaban J connectivity index is 1.72. The molecule has 1 unspecified atom stereocenters. The molecule has 1 saturated carbocycles. The van der Waals surface area contributed by atoms with Gasteiger partial charge in [0.2, 0.25) is 22.1 Å². The molecule has 1 heterocycles. The van der Waals surface area contributed by atoms with Crippen LogP contribution < -0.4 is 11.2 Å². The minimum Gasteiger partial charge on any atom is -0.352 e. The molecule has 3 rings (SSSR count). The number of thioether (sulfide) groups is 2. The molecular weight excluding hydrogens is 427 g/mol. The average Bonchev–Trinajstić information content (AvgIpc) is 3.48. The number of halogens is 1. The van der Waals surface area contributed by atoms with E-state index in [9.17, 15) is 14.0 Å². The van der Waals surface area contributed by atoms with Crippen LogP contribution in [0.25, 0.3) is 0 Å². The summed E-state index contributed by atoms with van der Waals surface area (Å²) >= 11 is 2.34.